The van der Waals surface area contributed by atoms with Gasteiger partial charge in [0.25, 0.3) is 10.1 Å². The van der Waals surface area contributed by atoms with Gasteiger partial charge in [-0.25, -0.2) is 0 Å². The van der Waals surface area contributed by atoms with Crippen molar-refractivity contribution in [3.8, 4) is 0 Å². The van der Waals surface area contributed by atoms with E-state index in [9.17, 15) is 13.0 Å². The normalized spacial score (nSPS) is 13.2. The first-order valence-electron chi connectivity index (χ1n) is 10.6. The molecule has 5 heteroatoms. The van der Waals surface area contributed by atoms with Crippen molar-refractivity contribution in [3.63, 3.8) is 0 Å². The van der Waals surface area contributed by atoms with Gasteiger partial charge in [0.2, 0.25) is 0 Å². The van der Waals surface area contributed by atoms with Crippen molar-refractivity contribution in [1.29, 1.82) is 0 Å². The van der Waals surface area contributed by atoms with Crippen LogP contribution in [0.25, 0.3) is 0 Å². The summed E-state index contributed by atoms with van der Waals surface area (Å²) in [6.45, 7) is 2.23. The molecule has 0 aromatic carbocycles. The Bertz CT molecular complexity index is 368. The molecule has 0 saturated heterocycles. The lowest BCUT2D eigenvalue weighted by molar-refractivity contribution is 0.281. The van der Waals surface area contributed by atoms with Crippen LogP contribution in [0, 0.1) is 0 Å². The molecule has 0 fully saturated rings. The molecule has 25 heavy (non-hydrogen) atoms. The van der Waals surface area contributed by atoms with Gasteiger partial charge in [0.05, 0.1) is 5.25 Å². The average Bonchev–Trinajstić information content (AvgIpc) is 2.56. The standard InChI is InChI=1S/C20H42O4S/c1-2-3-4-5-6-7-8-9-10-11-12-13-14-15-17-20(18-16-19-21)25(22,23)24/h20-21H,2-19H2,1H3,(H,22,23,24). The first-order valence-corrected chi connectivity index (χ1v) is 12.1. The number of aliphatic hydroxyl groups excluding tert-OH is 1. The van der Waals surface area contributed by atoms with Gasteiger partial charge in [-0.3, -0.25) is 4.55 Å². The van der Waals surface area contributed by atoms with Crippen molar-refractivity contribution in [2.24, 2.45) is 0 Å². The van der Waals surface area contributed by atoms with E-state index in [0.717, 1.165) is 19.3 Å². The predicted octanol–water partition coefficient (Wildman–Crippen LogP) is 5.89. The second-order valence-corrected chi connectivity index (χ2v) is 9.08. The summed E-state index contributed by atoms with van der Waals surface area (Å²) in [5, 5.41) is 8.10. The molecule has 4 nitrogen and oxygen atoms in total. The lowest BCUT2D eigenvalue weighted by Crippen LogP contribution is -2.20. The van der Waals surface area contributed by atoms with Crippen LogP contribution in [0.5, 0.6) is 0 Å². The van der Waals surface area contributed by atoms with Gasteiger partial charge in [-0.2, -0.15) is 8.42 Å². The fourth-order valence-electron chi connectivity index (χ4n) is 3.33. The second kappa shape index (κ2) is 17.3. The van der Waals surface area contributed by atoms with Crippen molar-refractivity contribution in [1.82, 2.24) is 0 Å². The quantitative estimate of drug-likeness (QED) is 0.217. The number of aliphatic hydroxyl groups is 1. The Labute approximate surface area is 156 Å². The Hall–Kier alpha value is -0.130. The largest absolute Gasteiger partial charge is 0.396 e. The predicted molar refractivity (Wildman–Crippen MR) is 107 cm³/mol. The van der Waals surface area contributed by atoms with E-state index < -0.39 is 15.4 Å². The SMILES string of the molecule is CCCCCCCCCCCCCCCCC(CCCO)S(=O)(=O)O. The highest BCUT2D eigenvalue weighted by Gasteiger charge is 2.21. The number of hydrogen-bond acceptors (Lipinski definition) is 3. The molecule has 0 radical (unpaired) electrons. The van der Waals surface area contributed by atoms with Crippen molar-refractivity contribution in [2.75, 3.05) is 6.61 Å². The molecule has 0 aromatic heterocycles. The van der Waals surface area contributed by atoms with Gasteiger partial charge in [-0.05, 0) is 19.3 Å². The van der Waals surface area contributed by atoms with Crippen LogP contribution >= 0.6 is 0 Å². The summed E-state index contributed by atoms with van der Waals surface area (Å²) in [5.41, 5.74) is 0. The molecule has 0 aliphatic rings. The fourth-order valence-corrected chi connectivity index (χ4v) is 4.26. The molecule has 0 rings (SSSR count). The Balaban J connectivity index is 3.40. The molecule has 0 bridgehead atoms. The molecule has 1 atom stereocenters. The van der Waals surface area contributed by atoms with Crippen LogP contribution < -0.4 is 0 Å². The van der Waals surface area contributed by atoms with Gasteiger partial charge < -0.3 is 5.11 Å². The van der Waals surface area contributed by atoms with Gasteiger partial charge in [0, 0.05) is 6.61 Å². The van der Waals surface area contributed by atoms with Gasteiger partial charge in [0.15, 0.2) is 0 Å². The van der Waals surface area contributed by atoms with Crippen molar-refractivity contribution in [3.05, 3.63) is 0 Å². The Morgan fingerprint density at radius 1 is 0.640 bits per heavy atom. The fraction of sp³-hybridized carbons (Fsp3) is 1.00. The van der Waals surface area contributed by atoms with Crippen LogP contribution in [-0.4, -0.2) is 29.9 Å². The monoisotopic (exact) mass is 378 g/mol. The molecule has 0 amide bonds. The molecule has 0 saturated carbocycles. The lowest BCUT2D eigenvalue weighted by Gasteiger charge is -2.12. The third kappa shape index (κ3) is 17.1. The molecule has 1 unspecified atom stereocenters. The van der Waals surface area contributed by atoms with Crippen LogP contribution in [-0.2, 0) is 10.1 Å². The van der Waals surface area contributed by atoms with Crippen molar-refractivity contribution < 1.29 is 18.1 Å². The minimum Gasteiger partial charge on any atom is -0.396 e. The third-order valence-electron chi connectivity index (χ3n) is 4.99. The summed E-state index contributed by atoms with van der Waals surface area (Å²) >= 11 is 0. The zero-order chi connectivity index (χ0) is 18.8. The van der Waals surface area contributed by atoms with Crippen molar-refractivity contribution >= 4 is 10.1 Å². The molecule has 0 aliphatic carbocycles. The maximum Gasteiger partial charge on any atom is 0.267 e. The zero-order valence-corrected chi connectivity index (χ0v) is 17.2. The third-order valence-corrected chi connectivity index (χ3v) is 6.30. The van der Waals surface area contributed by atoms with Crippen LogP contribution in [0.1, 0.15) is 116 Å². The molecular formula is C20H42O4S. The molecule has 0 aromatic rings. The first-order chi connectivity index (χ1) is 12.0. The average molecular weight is 379 g/mol. The smallest absolute Gasteiger partial charge is 0.267 e. The highest BCUT2D eigenvalue weighted by molar-refractivity contribution is 7.86. The van der Waals surface area contributed by atoms with Crippen LogP contribution in [0.3, 0.4) is 0 Å². The van der Waals surface area contributed by atoms with E-state index in [-0.39, 0.29) is 6.61 Å². The van der Waals surface area contributed by atoms with Gasteiger partial charge in [-0.1, -0.05) is 96.8 Å². The van der Waals surface area contributed by atoms with E-state index in [4.69, 9.17) is 5.11 Å². The molecule has 0 aliphatic heterocycles. The zero-order valence-electron chi connectivity index (χ0n) is 16.4. The summed E-state index contributed by atoms with van der Waals surface area (Å²) in [6.07, 6.45) is 19.1. The number of unbranched alkanes of at least 4 members (excludes halogenated alkanes) is 13. The van der Waals surface area contributed by atoms with E-state index in [1.807, 2.05) is 0 Å². The summed E-state index contributed by atoms with van der Waals surface area (Å²) in [5.74, 6) is 0. The summed E-state index contributed by atoms with van der Waals surface area (Å²) < 4.78 is 31.8. The van der Waals surface area contributed by atoms with Crippen molar-refractivity contribution in [2.45, 2.75) is 121 Å². The maximum atomic E-state index is 11.3. The van der Waals surface area contributed by atoms with E-state index in [0.29, 0.717) is 19.3 Å². The van der Waals surface area contributed by atoms with E-state index in [1.165, 1.54) is 70.6 Å². The Morgan fingerprint density at radius 3 is 1.36 bits per heavy atom. The van der Waals surface area contributed by atoms with Crippen LogP contribution in [0.2, 0.25) is 0 Å². The van der Waals surface area contributed by atoms with Crippen LogP contribution in [0.15, 0.2) is 0 Å². The Morgan fingerprint density at radius 2 is 1.00 bits per heavy atom. The molecule has 2 N–H and O–H groups in total. The van der Waals surface area contributed by atoms with Crippen LogP contribution in [0.4, 0.5) is 0 Å². The lowest BCUT2D eigenvalue weighted by atomic mass is 10.0. The maximum absolute atomic E-state index is 11.3. The molecule has 0 heterocycles. The Kier molecular flexibility index (Phi) is 17.2. The summed E-state index contributed by atoms with van der Waals surface area (Å²) in [4.78, 5) is 0. The summed E-state index contributed by atoms with van der Waals surface area (Å²) in [6, 6.07) is 0. The first kappa shape index (κ1) is 24.9. The highest BCUT2D eigenvalue weighted by Crippen LogP contribution is 2.17. The van der Waals surface area contributed by atoms with E-state index >= 15 is 0 Å². The summed E-state index contributed by atoms with van der Waals surface area (Å²) in [7, 11) is -3.97. The molecular weight excluding hydrogens is 336 g/mol. The minimum absolute atomic E-state index is 0.0231. The second-order valence-electron chi connectivity index (χ2n) is 7.39. The highest BCUT2D eigenvalue weighted by atomic mass is 32.2. The van der Waals surface area contributed by atoms with Gasteiger partial charge >= 0.3 is 0 Å². The number of hydrogen-bond donors (Lipinski definition) is 2. The van der Waals surface area contributed by atoms with Gasteiger partial charge in [0.1, 0.15) is 0 Å². The van der Waals surface area contributed by atoms with Gasteiger partial charge in [-0.15, -0.1) is 0 Å². The topological polar surface area (TPSA) is 74.6 Å². The van der Waals surface area contributed by atoms with E-state index in [1.54, 1.807) is 0 Å². The molecule has 152 valence electrons. The van der Waals surface area contributed by atoms with E-state index in [2.05, 4.69) is 6.92 Å². The number of rotatable bonds is 19. The molecule has 0 spiro atoms. The minimum atomic E-state index is -3.97.